The number of hydrogen-bond acceptors (Lipinski definition) is 4. The molecule has 132 valence electrons. The van der Waals surface area contributed by atoms with Crippen molar-refractivity contribution < 1.29 is 23.1 Å². The number of amides is 2. The molecule has 1 heterocycles. The maximum atomic E-state index is 12.1. The van der Waals surface area contributed by atoms with Crippen molar-refractivity contribution in [2.75, 3.05) is 39.2 Å². The van der Waals surface area contributed by atoms with Crippen LogP contribution in [0, 0.1) is 0 Å². The summed E-state index contributed by atoms with van der Waals surface area (Å²) < 4.78 is 29.9. The molecule has 1 aliphatic heterocycles. The summed E-state index contributed by atoms with van der Waals surface area (Å²) in [5, 5.41) is 2.19. The summed E-state index contributed by atoms with van der Waals surface area (Å²) in [6, 6.07) is 4.82. The van der Waals surface area contributed by atoms with Crippen LogP contribution in [0.5, 0.6) is 5.75 Å². The molecule has 0 radical (unpaired) electrons. The molecule has 0 aliphatic carbocycles. The molecule has 0 fully saturated rings. The second-order valence-electron chi connectivity index (χ2n) is 5.86. The number of alkyl halides is 2. The topological polar surface area (TPSA) is 61.9 Å². The zero-order valence-corrected chi connectivity index (χ0v) is 13.9. The van der Waals surface area contributed by atoms with E-state index in [1.807, 2.05) is 4.90 Å². The molecule has 1 aromatic carbocycles. The van der Waals surface area contributed by atoms with Gasteiger partial charge in [-0.2, -0.15) is 0 Å². The Morgan fingerprint density at radius 3 is 2.75 bits per heavy atom. The van der Waals surface area contributed by atoms with E-state index in [4.69, 9.17) is 4.74 Å². The molecule has 24 heavy (non-hydrogen) atoms. The molecular formula is C16H21F2N3O3. The fourth-order valence-corrected chi connectivity index (χ4v) is 2.47. The van der Waals surface area contributed by atoms with Crippen LogP contribution in [0.1, 0.15) is 16.8 Å². The van der Waals surface area contributed by atoms with Gasteiger partial charge in [0, 0.05) is 26.7 Å². The minimum Gasteiger partial charge on any atom is -0.489 e. The van der Waals surface area contributed by atoms with Crippen molar-refractivity contribution in [3.63, 3.8) is 0 Å². The van der Waals surface area contributed by atoms with Crippen LogP contribution in [-0.2, 0) is 4.79 Å². The third-order valence-electron chi connectivity index (χ3n) is 3.85. The molecule has 1 aliphatic rings. The average molecular weight is 341 g/mol. The Morgan fingerprint density at radius 1 is 1.42 bits per heavy atom. The van der Waals surface area contributed by atoms with Crippen LogP contribution in [0.25, 0.3) is 0 Å². The molecule has 8 heteroatoms. The first-order chi connectivity index (χ1) is 11.3. The van der Waals surface area contributed by atoms with E-state index in [0.29, 0.717) is 17.0 Å². The van der Waals surface area contributed by atoms with Gasteiger partial charge < -0.3 is 19.9 Å². The van der Waals surface area contributed by atoms with Gasteiger partial charge in [-0.05, 0) is 18.2 Å². The Kier molecular flexibility index (Phi) is 5.58. The maximum absolute atomic E-state index is 12.1. The lowest BCUT2D eigenvalue weighted by atomic mass is 10.1. The second kappa shape index (κ2) is 7.46. The molecule has 0 bridgehead atoms. The molecule has 1 N–H and O–H groups in total. The summed E-state index contributed by atoms with van der Waals surface area (Å²) in [5.74, 6) is 0.0276. The van der Waals surface area contributed by atoms with Gasteiger partial charge in [-0.3, -0.25) is 9.59 Å². The summed E-state index contributed by atoms with van der Waals surface area (Å²) in [6.45, 7) is -0.388. The van der Waals surface area contributed by atoms with Crippen LogP contribution in [0.15, 0.2) is 18.2 Å². The summed E-state index contributed by atoms with van der Waals surface area (Å²) in [4.78, 5) is 27.1. The molecule has 0 saturated heterocycles. The highest BCUT2D eigenvalue weighted by atomic mass is 19.3. The van der Waals surface area contributed by atoms with E-state index in [-0.39, 0.29) is 25.0 Å². The van der Waals surface area contributed by atoms with Crippen molar-refractivity contribution >= 4 is 17.5 Å². The molecule has 0 unspecified atom stereocenters. The second-order valence-corrected chi connectivity index (χ2v) is 5.86. The first kappa shape index (κ1) is 18.0. The monoisotopic (exact) mass is 341 g/mol. The number of likely N-dealkylation sites (N-methyl/N-ethyl adjacent to an activating group) is 1. The number of carbonyl (C=O) groups is 2. The standard InChI is InChI=1S/C16H21F2N3O3/c1-20(2)16(23)10-4-5-13-12(6-10)21(3)11(9-24-13)7-15(22)19-8-14(17)18/h4-6,11,14H,7-9H2,1-3H3,(H,19,22)/t11-/m1/s1. The van der Waals surface area contributed by atoms with Gasteiger partial charge in [0.15, 0.2) is 0 Å². The summed E-state index contributed by atoms with van der Waals surface area (Å²) in [7, 11) is 5.12. The summed E-state index contributed by atoms with van der Waals surface area (Å²) >= 11 is 0. The van der Waals surface area contributed by atoms with Crippen molar-refractivity contribution in [3.05, 3.63) is 23.8 Å². The van der Waals surface area contributed by atoms with E-state index in [1.54, 1.807) is 39.3 Å². The number of fused-ring (bicyclic) bond motifs is 1. The van der Waals surface area contributed by atoms with Gasteiger partial charge in [-0.15, -0.1) is 0 Å². The zero-order chi connectivity index (χ0) is 17.9. The number of nitrogens with one attached hydrogen (secondary N) is 1. The minimum atomic E-state index is -2.57. The van der Waals surface area contributed by atoms with E-state index in [0.717, 1.165) is 0 Å². The third kappa shape index (κ3) is 4.12. The Morgan fingerprint density at radius 2 is 2.12 bits per heavy atom. The van der Waals surface area contributed by atoms with E-state index in [1.165, 1.54) is 4.90 Å². The lowest BCUT2D eigenvalue weighted by Crippen LogP contribution is -2.44. The molecule has 0 aromatic heterocycles. The van der Waals surface area contributed by atoms with Crippen molar-refractivity contribution in [1.29, 1.82) is 0 Å². The molecule has 2 amide bonds. The fraction of sp³-hybridized carbons (Fsp3) is 0.500. The lowest BCUT2D eigenvalue weighted by molar-refractivity contribution is -0.122. The van der Waals surface area contributed by atoms with Crippen LogP contribution in [0.2, 0.25) is 0 Å². The number of nitrogens with zero attached hydrogens (tertiary/aromatic N) is 2. The Balaban J connectivity index is 2.10. The molecule has 1 atom stereocenters. The molecule has 2 rings (SSSR count). The van der Waals surface area contributed by atoms with Gasteiger partial charge in [0.05, 0.1) is 24.7 Å². The van der Waals surface area contributed by atoms with Crippen LogP contribution in [-0.4, -0.2) is 63.5 Å². The van der Waals surface area contributed by atoms with Crippen molar-refractivity contribution in [3.8, 4) is 5.75 Å². The SMILES string of the molecule is CN(C)C(=O)c1ccc2c(c1)N(C)[C@H](CC(=O)NCC(F)F)CO2. The first-order valence-electron chi connectivity index (χ1n) is 7.55. The van der Waals surface area contributed by atoms with E-state index >= 15 is 0 Å². The van der Waals surface area contributed by atoms with Crippen LogP contribution < -0.4 is 15.0 Å². The van der Waals surface area contributed by atoms with Crippen LogP contribution in [0.4, 0.5) is 14.5 Å². The highest BCUT2D eigenvalue weighted by molar-refractivity contribution is 5.95. The molecular weight excluding hydrogens is 320 g/mol. The minimum absolute atomic E-state index is 0.0362. The molecule has 0 spiro atoms. The summed E-state index contributed by atoms with van der Waals surface area (Å²) in [6.07, 6.45) is -2.54. The number of ether oxygens (including phenoxy) is 1. The van der Waals surface area contributed by atoms with Gasteiger partial charge >= 0.3 is 0 Å². The highest BCUT2D eigenvalue weighted by Gasteiger charge is 2.28. The zero-order valence-electron chi connectivity index (χ0n) is 13.9. The van der Waals surface area contributed by atoms with Gasteiger partial charge in [0.25, 0.3) is 12.3 Å². The number of hydrogen-bond donors (Lipinski definition) is 1. The predicted octanol–water partition coefficient (Wildman–Crippen LogP) is 1.36. The highest BCUT2D eigenvalue weighted by Crippen LogP contribution is 2.34. The Labute approximate surface area is 139 Å². The van der Waals surface area contributed by atoms with E-state index in [9.17, 15) is 18.4 Å². The smallest absolute Gasteiger partial charge is 0.255 e. The van der Waals surface area contributed by atoms with Gasteiger partial charge in [0.2, 0.25) is 5.91 Å². The molecule has 6 nitrogen and oxygen atoms in total. The number of rotatable bonds is 5. The fourth-order valence-electron chi connectivity index (χ4n) is 2.47. The quantitative estimate of drug-likeness (QED) is 0.878. The van der Waals surface area contributed by atoms with E-state index in [2.05, 4.69) is 5.32 Å². The lowest BCUT2D eigenvalue weighted by Gasteiger charge is -2.35. The average Bonchev–Trinajstić information content (AvgIpc) is 2.54. The molecule has 1 aromatic rings. The number of benzene rings is 1. The van der Waals surface area contributed by atoms with Crippen molar-refractivity contribution in [1.82, 2.24) is 10.2 Å². The van der Waals surface area contributed by atoms with Crippen LogP contribution >= 0.6 is 0 Å². The third-order valence-corrected chi connectivity index (χ3v) is 3.85. The largest absolute Gasteiger partial charge is 0.489 e. The first-order valence-corrected chi connectivity index (χ1v) is 7.55. The maximum Gasteiger partial charge on any atom is 0.255 e. The predicted molar refractivity (Wildman–Crippen MR) is 85.8 cm³/mol. The van der Waals surface area contributed by atoms with Crippen molar-refractivity contribution in [2.24, 2.45) is 0 Å². The number of carbonyl (C=O) groups excluding carboxylic acids is 2. The number of anilines is 1. The van der Waals surface area contributed by atoms with Gasteiger partial charge in [-0.25, -0.2) is 8.78 Å². The molecule has 0 saturated carbocycles. The van der Waals surface area contributed by atoms with Crippen LogP contribution in [0.3, 0.4) is 0 Å². The van der Waals surface area contributed by atoms with E-state index < -0.39 is 18.9 Å². The van der Waals surface area contributed by atoms with Gasteiger partial charge in [0.1, 0.15) is 12.4 Å². The summed E-state index contributed by atoms with van der Waals surface area (Å²) in [5.41, 5.74) is 1.21. The Bertz CT molecular complexity index is 623. The number of halogens is 2. The van der Waals surface area contributed by atoms with Gasteiger partial charge in [-0.1, -0.05) is 0 Å². The normalized spacial score (nSPS) is 16.4. The Hall–Kier alpha value is -2.38. The van der Waals surface area contributed by atoms with Crippen molar-refractivity contribution in [2.45, 2.75) is 18.9 Å².